The van der Waals surface area contributed by atoms with Gasteiger partial charge in [0.15, 0.2) is 0 Å². The van der Waals surface area contributed by atoms with Gasteiger partial charge in [0.25, 0.3) is 0 Å². The van der Waals surface area contributed by atoms with Crippen LogP contribution in [0.5, 0.6) is 11.6 Å². The third kappa shape index (κ3) is 4.39. The number of hydrogen-bond donors (Lipinski definition) is 1. The second-order valence-electron chi connectivity index (χ2n) is 4.62. The van der Waals surface area contributed by atoms with Crippen LogP contribution in [0.25, 0.3) is 0 Å². The first-order valence-corrected chi connectivity index (χ1v) is 7.90. The third-order valence-corrected chi connectivity index (χ3v) is 3.28. The summed E-state index contributed by atoms with van der Waals surface area (Å²) in [5.74, 6) is 2.10. The molecule has 2 aromatic rings. The van der Waals surface area contributed by atoms with Gasteiger partial charge in [0, 0.05) is 17.2 Å². The van der Waals surface area contributed by atoms with E-state index in [1.807, 2.05) is 6.07 Å². The van der Waals surface area contributed by atoms with Crippen molar-refractivity contribution in [3.05, 3.63) is 34.8 Å². The Morgan fingerprint density at radius 3 is 2.76 bits per heavy atom. The van der Waals surface area contributed by atoms with Crippen LogP contribution in [-0.4, -0.2) is 21.5 Å². The summed E-state index contributed by atoms with van der Waals surface area (Å²) < 4.78 is 6.75. The number of nitrogens with zero attached hydrogens (tertiary/aromatic N) is 3. The molecule has 0 aliphatic heterocycles. The number of rotatable bonds is 7. The lowest BCUT2D eigenvalue weighted by molar-refractivity contribution is 0.452. The number of halogens is 1. The summed E-state index contributed by atoms with van der Waals surface area (Å²) in [6, 6.07) is 1.87. The third-order valence-electron chi connectivity index (χ3n) is 2.84. The molecular weight excluding hydrogens is 332 g/mol. The van der Waals surface area contributed by atoms with Crippen LogP contribution in [-0.2, 0) is 6.42 Å². The summed E-state index contributed by atoms with van der Waals surface area (Å²) in [4.78, 5) is 12.7. The van der Waals surface area contributed by atoms with Gasteiger partial charge in [-0.25, -0.2) is 9.97 Å². The van der Waals surface area contributed by atoms with Crippen LogP contribution < -0.4 is 10.1 Å². The highest BCUT2D eigenvalue weighted by atomic mass is 79.9. The van der Waals surface area contributed by atoms with Gasteiger partial charge in [-0.15, -0.1) is 0 Å². The quantitative estimate of drug-likeness (QED) is 0.810. The van der Waals surface area contributed by atoms with E-state index < -0.39 is 0 Å². The van der Waals surface area contributed by atoms with Gasteiger partial charge in [-0.2, -0.15) is 0 Å². The normalized spacial score (nSPS) is 10.4. The van der Waals surface area contributed by atoms with E-state index in [9.17, 15) is 0 Å². The van der Waals surface area contributed by atoms with Crippen molar-refractivity contribution in [2.75, 3.05) is 11.9 Å². The van der Waals surface area contributed by atoms with Crippen molar-refractivity contribution in [2.45, 2.75) is 33.1 Å². The molecule has 1 N–H and O–H groups in total. The molecule has 2 heterocycles. The molecule has 0 spiro atoms. The van der Waals surface area contributed by atoms with Crippen molar-refractivity contribution < 1.29 is 4.74 Å². The first-order valence-electron chi connectivity index (χ1n) is 7.10. The van der Waals surface area contributed by atoms with Crippen LogP contribution in [0.3, 0.4) is 0 Å². The summed E-state index contributed by atoms with van der Waals surface area (Å²) in [5, 5.41) is 3.33. The van der Waals surface area contributed by atoms with Crippen molar-refractivity contribution in [1.29, 1.82) is 0 Å². The van der Waals surface area contributed by atoms with E-state index in [0.717, 1.165) is 41.7 Å². The van der Waals surface area contributed by atoms with E-state index in [1.165, 1.54) is 6.33 Å². The molecule has 0 unspecified atom stereocenters. The van der Waals surface area contributed by atoms with Gasteiger partial charge in [0.2, 0.25) is 5.88 Å². The number of anilines is 1. The lowest BCUT2D eigenvalue weighted by Crippen LogP contribution is -2.07. The van der Waals surface area contributed by atoms with Gasteiger partial charge in [-0.1, -0.05) is 20.3 Å². The first-order chi connectivity index (χ1) is 10.2. The Morgan fingerprint density at radius 2 is 2.05 bits per heavy atom. The van der Waals surface area contributed by atoms with Crippen molar-refractivity contribution >= 4 is 21.7 Å². The van der Waals surface area contributed by atoms with E-state index in [0.29, 0.717) is 11.6 Å². The Hall–Kier alpha value is -1.69. The number of pyridine rings is 1. The zero-order chi connectivity index (χ0) is 15.1. The van der Waals surface area contributed by atoms with Gasteiger partial charge < -0.3 is 10.1 Å². The minimum atomic E-state index is 0.588. The monoisotopic (exact) mass is 350 g/mol. The van der Waals surface area contributed by atoms with Gasteiger partial charge in [0.1, 0.15) is 17.9 Å². The minimum Gasteiger partial charge on any atom is -0.437 e. The largest absolute Gasteiger partial charge is 0.437 e. The molecule has 0 aliphatic carbocycles. The highest BCUT2D eigenvalue weighted by Gasteiger charge is 2.13. The number of nitrogens with one attached hydrogen (secondary N) is 1. The molecular formula is C15H19BrN4O. The molecule has 0 aliphatic rings. The maximum Gasteiger partial charge on any atom is 0.227 e. The molecule has 2 aromatic heterocycles. The summed E-state index contributed by atoms with van der Waals surface area (Å²) >= 11 is 3.39. The first kappa shape index (κ1) is 15.7. The van der Waals surface area contributed by atoms with Crippen LogP contribution in [0.4, 0.5) is 5.82 Å². The standard InChI is InChI=1S/C15H19BrN4O/c1-3-5-13-14(18-6-4-2)19-10-20-15(13)21-12-7-11(16)8-17-9-12/h7-10H,3-6H2,1-2H3,(H,18,19,20). The SMILES string of the molecule is CCCNc1ncnc(Oc2cncc(Br)c2)c1CCC. The van der Waals surface area contributed by atoms with E-state index in [-0.39, 0.29) is 0 Å². The molecule has 0 aromatic carbocycles. The molecule has 2 rings (SSSR count). The summed E-state index contributed by atoms with van der Waals surface area (Å²) in [5.41, 5.74) is 1.01. The fourth-order valence-corrected chi connectivity index (χ4v) is 2.26. The molecule has 5 nitrogen and oxygen atoms in total. The number of hydrogen-bond acceptors (Lipinski definition) is 5. The van der Waals surface area contributed by atoms with E-state index >= 15 is 0 Å². The van der Waals surface area contributed by atoms with E-state index in [1.54, 1.807) is 12.4 Å². The number of ether oxygens (including phenoxy) is 1. The van der Waals surface area contributed by atoms with Crippen molar-refractivity contribution in [3.63, 3.8) is 0 Å². The van der Waals surface area contributed by atoms with Crippen LogP contribution in [0.1, 0.15) is 32.3 Å². The summed E-state index contributed by atoms with van der Waals surface area (Å²) in [6.45, 7) is 5.13. The Morgan fingerprint density at radius 1 is 1.19 bits per heavy atom. The number of aromatic nitrogens is 3. The minimum absolute atomic E-state index is 0.588. The molecule has 0 atom stereocenters. The summed E-state index contributed by atoms with van der Waals surface area (Å²) in [6.07, 6.45) is 7.82. The average Bonchev–Trinajstić information content (AvgIpc) is 2.48. The maximum absolute atomic E-state index is 5.88. The second-order valence-corrected chi connectivity index (χ2v) is 5.54. The van der Waals surface area contributed by atoms with Crippen molar-refractivity contribution in [3.8, 4) is 11.6 Å². The molecule has 21 heavy (non-hydrogen) atoms. The van der Waals surface area contributed by atoms with Crippen LogP contribution in [0, 0.1) is 0 Å². The molecule has 0 radical (unpaired) electrons. The maximum atomic E-state index is 5.88. The predicted molar refractivity (Wildman–Crippen MR) is 86.8 cm³/mol. The van der Waals surface area contributed by atoms with Gasteiger partial charge >= 0.3 is 0 Å². The molecule has 0 fully saturated rings. The van der Waals surface area contributed by atoms with E-state index in [2.05, 4.69) is 50.0 Å². The van der Waals surface area contributed by atoms with Gasteiger partial charge in [-0.3, -0.25) is 4.98 Å². The average molecular weight is 351 g/mol. The van der Waals surface area contributed by atoms with Gasteiger partial charge in [0.05, 0.1) is 11.8 Å². The Bertz CT molecular complexity index is 592. The Labute approximate surface area is 133 Å². The summed E-state index contributed by atoms with van der Waals surface area (Å²) in [7, 11) is 0. The fourth-order valence-electron chi connectivity index (χ4n) is 1.92. The molecule has 6 heteroatoms. The van der Waals surface area contributed by atoms with E-state index in [4.69, 9.17) is 4.74 Å². The fraction of sp³-hybridized carbons (Fsp3) is 0.400. The Balaban J connectivity index is 2.28. The topological polar surface area (TPSA) is 59.9 Å². The highest BCUT2D eigenvalue weighted by Crippen LogP contribution is 2.28. The zero-order valence-electron chi connectivity index (χ0n) is 12.3. The predicted octanol–water partition coefficient (Wildman–Crippen LogP) is 4.20. The van der Waals surface area contributed by atoms with Crippen molar-refractivity contribution in [1.82, 2.24) is 15.0 Å². The van der Waals surface area contributed by atoms with Crippen LogP contribution >= 0.6 is 15.9 Å². The smallest absolute Gasteiger partial charge is 0.227 e. The zero-order valence-corrected chi connectivity index (χ0v) is 13.9. The molecule has 0 amide bonds. The second kappa shape index (κ2) is 7.93. The van der Waals surface area contributed by atoms with Gasteiger partial charge in [-0.05, 0) is 34.8 Å². The molecule has 112 valence electrons. The lowest BCUT2D eigenvalue weighted by Gasteiger charge is -2.13. The lowest BCUT2D eigenvalue weighted by atomic mass is 10.1. The Kier molecular flexibility index (Phi) is 5.92. The molecule has 0 bridgehead atoms. The molecule has 0 saturated carbocycles. The van der Waals surface area contributed by atoms with Crippen LogP contribution in [0.15, 0.2) is 29.3 Å². The highest BCUT2D eigenvalue weighted by molar-refractivity contribution is 9.10. The van der Waals surface area contributed by atoms with Crippen LogP contribution in [0.2, 0.25) is 0 Å². The van der Waals surface area contributed by atoms with Crippen molar-refractivity contribution in [2.24, 2.45) is 0 Å². The molecule has 0 saturated heterocycles.